The predicted octanol–water partition coefficient (Wildman–Crippen LogP) is 1.18. The van der Waals surface area contributed by atoms with Gasteiger partial charge in [0.1, 0.15) is 0 Å². The first kappa shape index (κ1) is 17.0. The fraction of sp³-hybridized carbons (Fsp3) is 0.625. The molecule has 2 aliphatic rings. The van der Waals surface area contributed by atoms with E-state index in [2.05, 4.69) is 9.88 Å². The first-order valence-corrected chi connectivity index (χ1v) is 8.24. The quantitative estimate of drug-likeness (QED) is 0.820. The summed E-state index contributed by atoms with van der Waals surface area (Å²) in [4.78, 5) is 19.0. The van der Waals surface area contributed by atoms with Crippen molar-refractivity contribution in [3.05, 3.63) is 18.3 Å². The van der Waals surface area contributed by atoms with Crippen molar-refractivity contribution >= 4 is 24.5 Å². The number of anilines is 1. The number of piperazine rings is 1. The monoisotopic (exact) mass is 333 g/mol. The van der Waals surface area contributed by atoms with Crippen molar-refractivity contribution in [2.75, 3.05) is 31.1 Å². The van der Waals surface area contributed by atoms with Gasteiger partial charge in [-0.1, -0.05) is 0 Å². The van der Waals surface area contributed by atoms with Crippen LogP contribution in [0, 0.1) is 0 Å². The highest BCUT2D eigenvalue weighted by atomic mass is 16.7. The number of amides is 1. The summed E-state index contributed by atoms with van der Waals surface area (Å²) in [5.74, 6) is 0. The first-order valence-electron chi connectivity index (χ1n) is 8.24. The zero-order valence-electron chi connectivity index (χ0n) is 14.7. The van der Waals surface area contributed by atoms with Gasteiger partial charge >= 0.3 is 13.2 Å². The molecule has 1 aromatic heterocycles. The molecule has 0 spiro atoms. The molecule has 0 bridgehead atoms. The minimum Gasteiger partial charge on any atom is -0.465 e. The average molecular weight is 333 g/mol. The molecule has 0 atom stereocenters. The lowest BCUT2D eigenvalue weighted by Gasteiger charge is -2.34. The van der Waals surface area contributed by atoms with Crippen LogP contribution >= 0.6 is 0 Å². The number of carboxylic acid groups (broad SMARTS) is 1. The standard InChI is InChI=1S/C16H24BN3O4/c1-15(2)16(3,4)24-17(23-15)13-6-5-12(11-18-13)19-7-9-20(10-8-19)14(21)22/h5-6,11H,7-10H2,1-4H3,(H,21,22). The zero-order valence-corrected chi connectivity index (χ0v) is 14.7. The molecule has 2 saturated heterocycles. The van der Waals surface area contributed by atoms with Crippen molar-refractivity contribution in [3.8, 4) is 0 Å². The molecule has 7 nitrogen and oxygen atoms in total. The third-order valence-electron chi connectivity index (χ3n) is 5.18. The second-order valence-corrected chi connectivity index (χ2v) is 7.29. The summed E-state index contributed by atoms with van der Waals surface area (Å²) >= 11 is 0. The summed E-state index contributed by atoms with van der Waals surface area (Å²) < 4.78 is 12.0. The van der Waals surface area contributed by atoms with Crippen molar-refractivity contribution in [2.24, 2.45) is 0 Å². The number of carbonyl (C=O) groups is 1. The Hall–Kier alpha value is -1.80. The van der Waals surface area contributed by atoms with Crippen molar-refractivity contribution in [1.29, 1.82) is 0 Å². The largest absolute Gasteiger partial charge is 0.514 e. The van der Waals surface area contributed by atoms with Gasteiger partial charge in [0, 0.05) is 32.4 Å². The number of pyridine rings is 1. The van der Waals surface area contributed by atoms with E-state index in [0.29, 0.717) is 26.2 Å². The van der Waals surface area contributed by atoms with Crippen molar-refractivity contribution < 1.29 is 19.2 Å². The first-order chi connectivity index (χ1) is 11.2. The van der Waals surface area contributed by atoms with Crippen LogP contribution < -0.4 is 10.5 Å². The molecule has 8 heteroatoms. The molecule has 24 heavy (non-hydrogen) atoms. The molecule has 130 valence electrons. The summed E-state index contributed by atoms with van der Waals surface area (Å²) in [6.07, 6.45) is 0.945. The maximum absolute atomic E-state index is 11.0. The van der Waals surface area contributed by atoms with E-state index in [4.69, 9.17) is 14.4 Å². The van der Waals surface area contributed by atoms with Crippen LogP contribution in [-0.4, -0.2) is 65.6 Å². The predicted molar refractivity (Wildman–Crippen MR) is 91.8 cm³/mol. The highest BCUT2D eigenvalue weighted by Crippen LogP contribution is 2.36. The highest BCUT2D eigenvalue weighted by molar-refractivity contribution is 6.61. The lowest BCUT2D eigenvalue weighted by Crippen LogP contribution is -2.48. The lowest BCUT2D eigenvalue weighted by molar-refractivity contribution is 0.00578. The van der Waals surface area contributed by atoms with E-state index in [1.165, 1.54) is 4.90 Å². The minimum atomic E-state index is -0.858. The van der Waals surface area contributed by atoms with Crippen LogP contribution in [-0.2, 0) is 9.31 Å². The summed E-state index contributed by atoms with van der Waals surface area (Å²) in [7, 11) is -0.465. The molecule has 0 unspecified atom stereocenters. The summed E-state index contributed by atoms with van der Waals surface area (Å²) in [5.41, 5.74) is 0.970. The van der Waals surface area contributed by atoms with E-state index in [-0.39, 0.29) is 11.2 Å². The molecule has 2 fully saturated rings. The Morgan fingerprint density at radius 3 is 2.17 bits per heavy atom. The Kier molecular flexibility index (Phi) is 4.21. The second-order valence-electron chi connectivity index (χ2n) is 7.29. The van der Waals surface area contributed by atoms with Gasteiger partial charge < -0.3 is 24.2 Å². The van der Waals surface area contributed by atoms with E-state index in [9.17, 15) is 4.79 Å². The van der Waals surface area contributed by atoms with E-state index >= 15 is 0 Å². The van der Waals surface area contributed by atoms with E-state index < -0.39 is 13.2 Å². The highest BCUT2D eigenvalue weighted by Gasteiger charge is 2.52. The SMILES string of the molecule is CC1(C)OB(c2ccc(N3CCN(C(=O)O)CC3)cn2)OC1(C)C. The van der Waals surface area contributed by atoms with Crippen LogP contribution in [0.1, 0.15) is 27.7 Å². The molecular formula is C16H24BN3O4. The molecular weight excluding hydrogens is 309 g/mol. The van der Waals surface area contributed by atoms with Gasteiger partial charge in [-0.15, -0.1) is 0 Å². The Labute approximate surface area is 142 Å². The molecule has 0 radical (unpaired) electrons. The Morgan fingerprint density at radius 1 is 1.12 bits per heavy atom. The van der Waals surface area contributed by atoms with Gasteiger partial charge in [-0.3, -0.25) is 4.98 Å². The van der Waals surface area contributed by atoms with Gasteiger partial charge in [-0.2, -0.15) is 0 Å². The van der Waals surface area contributed by atoms with Gasteiger partial charge in [0.15, 0.2) is 0 Å². The maximum atomic E-state index is 11.0. The number of aromatic nitrogens is 1. The van der Waals surface area contributed by atoms with Crippen LogP contribution in [0.15, 0.2) is 18.3 Å². The lowest BCUT2D eigenvalue weighted by atomic mass is 9.84. The van der Waals surface area contributed by atoms with E-state index in [1.807, 2.05) is 39.8 Å². The summed E-state index contributed by atoms with van der Waals surface area (Å²) in [6.45, 7) is 10.4. The van der Waals surface area contributed by atoms with E-state index in [0.717, 1.165) is 11.3 Å². The van der Waals surface area contributed by atoms with Gasteiger partial charge in [-0.25, -0.2) is 4.79 Å². The van der Waals surface area contributed by atoms with Gasteiger partial charge in [0.2, 0.25) is 0 Å². The molecule has 0 aliphatic carbocycles. The van der Waals surface area contributed by atoms with E-state index in [1.54, 1.807) is 6.20 Å². The van der Waals surface area contributed by atoms with Gasteiger partial charge in [0.25, 0.3) is 0 Å². The molecule has 2 aliphatic heterocycles. The van der Waals surface area contributed by atoms with Gasteiger partial charge in [0.05, 0.1) is 22.5 Å². The number of hydrogen-bond acceptors (Lipinski definition) is 5. The number of hydrogen-bond donors (Lipinski definition) is 1. The molecule has 0 aromatic carbocycles. The molecule has 1 N–H and O–H groups in total. The Morgan fingerprint density at radius 2 is 1.71 bits per heavy atom. The molecule has 0 saturated carbocycles. The third-order valence-corrected chi connectivity index (χ3v) is 5.18. The van der Waals surface area contributed by atoms with Crippen molar-refractivity contribution in [1.82, 2.24) is 9.88 Å². The van der Waals surface area contributed by atoms with Crippen LogP contribution in [0.5, 0.6) is 0 Å². The number of nitrogens with zero attached hydrogens (tertiary/aromatic N) is 3. The normalized spacial score (nSPS) is 22.8. The van der Waals surface area contributed by atoms with Crippen molar-refractivity contribution in [2.45, 2.75) is 38.9 Å². The fourth-order valence-electron chi connectivity index (χ4n) is 2.84. The van der Waals surface area contributed by atoms with Crippen molar-refractivity contribution in [3.63, 3.8) is 0 Å². The van der Waals surface area contributed by atoms with Crippen LogP contribution in [0.3, 0.4) is 0 Å². The molecule has 1 amide bonds. The topological polar surface area (TPSA) is 75.1 Å². The smallest absolute Gasteiger partial charge is 0.465 e. The summed E-state index contributed by atoms with van der Waals surface area (Å²) in [5, 5.41) is 9.00. The van der Waals surface area contributed by atoms with Crippen LogP contribution in [0.2, 0.25) is 0 Å². The Bertz CT molecular complexity index is 596. The number of rotatable bonds is 2. The third kappa shape index (κ3) is 3.08. The Balaban J connectivity index is 1.66. The van der Waals surface area contributed by atoms with Gasteiger partial charge in [-0.05, 0) is 39.8 Å². The van der Waals surface area contributed by atoms with Crippen LogP contribution in [0.4, 0.5) is 10.5 Å². The molecule has 1 aromatic rings. The zero-order chi connectivity index (χ0) is 17.5. The fourth-order valence-corrected chi connectivity index (χ4v) is 2.84. The average Bonchev–Trinajstić information content (AvgIpc) is 2.76. The maximum Gasteiger partial charge on any atom is 0.514 e. The van der Waals surface area contributed by atoms with Crippen LogP contribution in [0.25, 0.3) is 0 Å². The minimum absolute atomic E-state index is 0.384. The molecule has 3 rings (SSSR count). The summed E-state index contributed by atoms with van der Waals surface area (Å²) in [6, 6.07) is 3.91. The molecule has 3 heterocycles. The second kappa shape index (κ2) is 5.93.